The summed E-state index contributed by atoms with van der Waals surface area (Å²) < 4.78 is 25.9. The highest BCUT2D eigenvalue weighted by Crippen LogP contribution is 2.27. The summed E-state index contributed by atoms with van der Waals surface area (Å²) in [6.45, 7) is 1.81. The minimum absolute atomic E-state index is 0.146. The van der Waals surface area contributed by atoms with Gasteiger partial charge in [-0.15, -0.1) is 0 Å². The highest BCUT2D eigenvalue weighted by molar-refractivity contribution is 7.08. The first-order valence-electron chi connectivity index (χ1n) is 7.01. The average Bonchev–Trinajstić information content (AvgIpc) is 3.07. The van der Waals surface area contributed by atoms with Crippen LogP contribution in [0.4, 0.5) is 14.6 Å². The van der Waals surface area contributed by atoms with Crippen molar-refractivity contribution in [1.82, 2.24) is 9.97 Å². The number of hydrogen-bond donors (Lipinski definition) is 2. The lowest BCUT2D eigenvalue weighted by Gasteiger charge is -2.23. The number of halogens is 2. The molecule has 0 fully saturated rings. The summed E-state index contributed by atoms with van der Waals surface area (Å²) in [6.07, 6.45) is -2.75. The molecule has 3 aromatic rings. The molecule has 0 radical (unpaired) electrons. The van der Waals surface area contributed by atoms with Gasteiger partial charge in [-0.25, -0.2) is 18.7 Å². The molecule has 0 saturated heterocycles. The summed E-state index contributed by atoms with van der Waals surface area (Å²) in [5, 5.41) is 17.9. The van der Waals surface area contributed by atoms with E-state index in [-0.39, 0.29) is 6.54 Å². The minimum atomic E-state index is -2.75. The molecule has 0 aliphatic carbocycles. The number of aromatic nitrogens is 2. The highest BCUT2D eigenvalue weighted by Gasteiger charge is 2.24. The molecule has 2 aromatic heterocycles. The van der Waals surface area contributed by atoms with Crippen LogP contribution in [0.2, 0.25) is 0 Å². The molecule has 23 heavy (non-hydrogen) atoms. The first-order chi connectivity index (χ1) is 11.0. The van der Waals surface area contributed by atoms with Gasteiger partial charge in [0, 0.05) is 11.9 Å². The van der Waals surface area contributed by atoms with Crippen LogP contribution in [0.3, 0.4) is 0 Å². The van der Waals surface area contributed by atoms with E-state index >= 15 is 0 Å². The lowest BCUT2D eigenvalue weighted by atomic mass is 9.99. The van der Waals surface area contributed by atoms with E-state index in [1.165, 1.54) is 11.3 Å². The number of aliphatic hydroxyl groups is 1. The van der Waals surface area contributed by atoms with Gasteiger partial charge in [0.25, 0.3) is 6.43 Å². The van der Waals surface area contributed by atoms with Crippen LogP contribution in [0, 0.1) is 0 Å². The van der Waals surface area contributed by atoms with E-state index in [0.717, 1.165) is 5.56 Å². The molecule has 120 valence electrons. The molecule has 2 heterocycles. The fraction of sp³-hybridized carbons (Fsp3) is 0.250. The zero-order valence-corrected chi connectivity index (χ0v) is 13.1. The predicted molar refractivity (Wildman–Crippen MR) is 86.9 cm³/mol. The predicted octanol–water partition coefficient (Wildman–Crippen LogP) is 3.95. The Morgan fingerprint density at radius 2 is 2.04 bits per heavy atom. The normalized spacial score (nSPS) is 14.1. The Morgan fingerprint density at radius 3 is 2.74 bits per heavy atom. The van der Waals surface area contributed by atoms with Gasteiger partial charge in [0.05, 0.1) is 5.52 Å². The first kappa shape index (κ1) is 15.8. The van der Waals surface area contributed by atoms with E-state index in [0.29, 0.717) is 16.7 Å². The van der Waals surface area contributed by atoms with Gasteiger partial charge >= 0.3 is 0 Å². The summed E-state index contributed by atoms with van der Waals surface area (Å²) in [7, 11) is 0. The fourth-order valence-corrected chi connectivity index (χ4v) is 3.04. The fourth-order valence-electron chi connectivity index (χ4n) is 2.26. The van der Waals surface area contributed by atoms with Crippen LogP contribution in [0.25, 0.3) is 10.9 Å². The number of nitrogens with zero attached hydrogens (tertiary/aromatic N) is 2. The first-order valence-corrected chi connectivity index (χ1v) is 7.95. The van der Waals surface area contributed by atoms with Gasteiger partial charge in [0.1, 0.15) is 11.4 Å². The van der Waals surface area contributed by atoms with Crippen molar-refractivity contribution in [1.29, 1.82) is 0 Å². The number of benzene rings is 1. The third-order valence-corrected chi connectivity index (χ3v) is 4.24. The number of hydrogen-bond acceptors (Lipinski definition) is 5. The standard InChI is InChI=1S/C16H15F2N3OS/c1-16(22,10-6-7-23-8-10)9-19-14-11-4-2-3-5-12(11)20-15(21-14)13(17)18/h2-8,13,22H,9H2,1H3,(H,19,20,21). The maximum Gasteiger partial charge on any atom is 0.297 e. The third kappa shape index (κ3) is 3.30. The summed E-state index contributed by atoms with van der Waals surface area (Å²) in [5.41, 5.74) is 0.0785. The van der Waals surface area contributed by atoms with E-state index < -0.39 is 17.9 Å². The summed E-state index contributed by atoms with van der Waals surface area (Å²) >= 11 is 1.48. The van der Waals surface area contributed by atoms with Crippen LogP contribution in [-0.2, 0) is 5.60 Å². The molecule has 0 amide bonds. The monoisotopic (exact) mass is 335 g/mol. The van der Waals surface area contributed by atoms with E-state index in [2.05, 4.69) is 15.3 Å². The smallest absolute Gasteiger partial charge is 0.297 e. The molecule has 1 atom stereocenters. The van der Waals surface area contributed by atoms with Crippen molar-refractivity contribution >= 4 is 28.1 Å². The van der Waals surface area contributed by atoms with Crippen LogP contribution >= 0.6 is 11.3 Å². The van der Waals surface area contributed by atoms with E-state index in [1.807, 2.05) is 16.8 Å². The van der Waals surface area contributed by atoms with Gasteiger partial charge in [0.15, 0.2) is 5.82 Å². The second-order valence-corrected chi connectivity index (χ2v) is 6.17. The van der Waals surface area contributed by atoms with Crippen LogP contribution in [0.5, 0.6) is 0 Å². The number of nitrogens with one attached hydrogen (secondary N) is 1. The molecule has 0 aliphatic rings. The van der Waals surface area contributed by atoms with E-state index in [4.69, 9.17) is 0 Å². The molecule has 1 unspecified atom stereocenters. The number of rotatable bonds is 5. The van der Waals surface area contributed by atoms with E-state index in [1.54, 1.807) is 31.2 Å². The molecule has 7 heteroatoms. The molecule has 0 bridgehead atoms. The Hall–Kier alpha value is -2.12. The van der Waals surface area contributed by atoms with Gasteiger partial charge in [-0.2, -0.15) is 11.3 Å². The number of alkyl halides is 2. The topological polar surface area (TPSA) is 58.0 Å². The van der Waals surface area contributed by atoms with Crippen LogP contribution in [0.15, 0.2) is 41.1 Å². The maximum atomic E-state index is 13.0. The lowest BCUT2D eigenvalue weighted by molar-refractivity contribution is 0.0719. The van der Waals surface area contributed by atoms with Crippen molar-refractivity contribution in [2.75, 3.05) is 11.9 Å². The second kappa shape index (κ2) is 6.17. The minimum Gasteiger partial charge on any atom is -0.384 e. The highest BCUT2D eigenvalue weighted by atomic mass is 32.1. The Morgan fingerprint density at radius 1 is 1.26 bits per heavy atom. The molecule has 3 rings (SSSR count). The van der Waals surface area contributed by atoms with Gasteiger partial charge in [-0.1, -0.05) is 12.1 Å². The van der Waals surface area contributed by atoms with Crippen molar-refractivity contribution in [3.05, 3.63) is 52.5 Å². The Kier molecular flexibility index (Phi) is 4.23. The summed E-state index contributed by atoms with van der Waals surface area (Å²) in [5.74, 6) is -0.234. The molecule has 0 saturated carbocycles. The van der Waals surface area contributed by atoms with Crippen LogP contribution in [-0.4, -0.2) is 21.6 Å². The number of thiophene rings is 1. The van der Waals surface area contributed by atoms with Gasteiger partial charge < -0.3 is 10.4 Å². The quantitative estimate of drug-likeness (QED) is 0.741. The second-order valence-electron chi connectivity index (χ2n) is 5.39. The summed E-state index contributed by atoms with van der Waals surface area (Å²) in [4.78, 5) is 7.77. The average molecular weight is 335 g/mol. The van der Waals surface area contributed by atoms with Gasteiger partial charge in [0.2, 0.25) is 0 Å². The largest absolute Gasteiger partial charge is 0.384 e. The number of para-hydroxylation sites is 1. The maximum absolute atomic E-state index is 13.0. The van der Waals surface area contributed by atoms with Crippen molar-refractivity contribution in [3.8, 4) is 0 Å². The molecular formula is C16H15F2N3OS. The molecule has 0 aliphatic heterocycles. The zero-order valence-electron chi connectivity index (χ0n) is 12.3. The molecule has 1 aromatic carbocycles. The number of fused-ring (bicyclic) bond motifs is 1. The Bertz CT molecular complexity index is 806. The van der Waals surface area contributed by atoms with Gasteiger partial charge in [-0.3, -0.25) is 0 Å². The van der Waals surface area contributed by atoms with Gasteiger partial charge in [-0.05, 0) is 41.4 Å². The van der Waals surface area contributed by atoms with E-state index in [9.17, 15) is 13.9 Å². The third-order valence-electron chi connectivity index (χ3n) is 3.56. The number of anilines is 1. The van der Waals surface area contributed by atoms with Crippen molar-refractivity contribution in [3.63, 3.8) is 0 Å². The van der Waals surface area contributed by atoms with Crippen molar-refractivity contribution < 1.29 is 13.9 Å². The molecule has 4 nitrogen and oxygen atoms in total. The molecule has 0 spiro atoms. The Balaban J connectivity index is 1.93. The molecular weight excluding hydrogens is 320 g/mol. The van der Waals surface area contributed by atoms with Crippen molar-refractivity contribution in [2.24, 2.45) is 0 Å². The SMILES string of the molecule is CC(O)(CNc1nc(C(F)F)nc2ccccc12)c1ccsc1. The Labute approximate surface area is 135 Å². The summed E-state index contributed by atoms with van der Waals surface area (Å²) in [6, 6.07) is 8.76. The molecule has 2 N–H and O–H groups in total. The van der Waals surface area contributed by atoms with Crippen LogP contribution in [0.1, 0.15) is 24.7 Å². The zero-order chi connectivity index (χ0) is 16.4. The lowest BCUT2D eigenvalue weighted by Crippen LogP contribution is -2.30. The van der Waals surface area contributed by atoms with Crippen molar-refractivity contribution in [2.45, 2.75) is 19.0 Å². The van der Waals surface area contributed by atoms with Crippen LogP contribution < -0.4 is 5.32 Å².